The van der Waals surface area contributed by atoms with Gasteiger partial charge in [0.1, 0.15) is 0 Å². The van der Waals surface area contributed by atoms with Crippen molar-refractivity contribution >= 4 is 17.3 Å². The highest BCUT2D eigenvalue weighted by Crippen LogP contribution is 2.28. The van der Waals surface area contributed by atoms with E-state index in [0.29, 0.717) is 19.1 Å². The van der Waals surface area contributed by atoms with Crippen molar-refractivity contribution in [2.45, 2.75) is 38.9 Å². The zero-order valence-electron chi connectivity index (χ0n) is 14.1. The van der Waals surface area contributed by atoms with E-state index in [1.54, 1.807) is 19.1 Å². The Morgan fingerprint density at radius 2 is 1.92 bits per heavy atom. The van der Waals surface area contributed by atoms with E-state index in [2.05, 4.69) is 5.32 Å². The van der Waals surface area contributed by atoms with Crippen molar-refractivity contribution in [2.75, 3.05) is 5.32 Å². The molecule has 1 aliphatic rings. The standard InChI is InChI=1S/C19H21N3O3/c1-14(23)21(18-9-10-18)13-15-5-7-17(8-6-15)20-12-16-3-2-4-19(11-16)22(24)25/h2-8,11,18,20H,9-10,12-13H2,1H3. The highest BCUT2D eigenvalue weighted by molar-refractivity contribution is 5.74. The van der Waals surface area contributed by atoms with Crippen molar-refractivity contribution < 1.29 is 9.72 Å². The molecule has 1 amide bonds. The number of non-ortho nitro benzene ring substituents is 1. The monoisotopic (exact) mass is 339 g/mol. The zero-order valence-corrected chi connectivity index (χ0v) is 14.1. The summed E-state index contributed by atoms with van der Waals surface area (Å²) in [6, 6.07) is 15.0. The maximum Gasteiger partial charge on any atom is 0.269 e. The van der Waals surface area contributed by atoms with Crippen LogP contribution in [0.5, 0.6) is 0 Å². The lowest BCUT2D eigenvalue weighted by Crippen LogP contribution is -2.30. The van der Waals surface area contributed by atoms with Crippen LogP contribution in [-0.4, -0.2) is 21.8 Å². The molecular weight excluding hydrogens is 318 g/mol. The molecule has 6 nitrogen and oxygen atoms in total. The molecule has 3 rings (SSSR count). The smallest absolute Gasteiger partial charge is 0.269 e. The first-order valence-electron chi connectivity index (χ1n) is 8.36. The second kappa shape index (κ2) is 7.34. The van der Waals surface area contributed by atoms with Gasteiger partial charge in [-0.2, -0.15) is 0 Å². The van der Waals surface area contributed by atoms with E-state index in [-0.39, 0.29) is 16.5 Å². The number of benzene rings is 2. The predicted molar refractivity (Wildman–Crippen MR) is 96.1 cm³/mol. The summed E-state index contributed by atoms with van der Waals surface area (Å²) in [5.41, 5.74) is 2.99. The molecular formula is C19H21N3O3. The van der Waals surface area contributed by atoms with Crippen molar-refractivity contribution in [2.24, 2.45) is 0 Å². The third-order valence-electron chi connectivity index (χ3n) is 4.32. The molecule has 1 aliphatic carbocycles. The number of nitro benzene ring substituents is 1. The van der Waals surface area contributed by atoms with Crippen LogP contribution in [0.2, 0.25) is 0 Å². The minimum Gasteiger partial charge on any atom is -0.381 e. The van der Waals surface area contributed by atoms with Crippen molar-refractivity contribution in [1.29, 1.82) is 0 Å². The van der Waals surface area contributed by atoms with Crippen molar-refractivity contribution in [3.8, 4) is 0 Å². The van der Waals surface area contributed by atoms with E-state index in [9.17, 15) is 14.9 Å². The summed E-state index contributed by atoms with van der Waals surface area (Å²) in [5, 5.41) is 14.1. The molecule has 6 heteroatoms. The molecule has 0 radical (unpaired) electrons. The molecule has 0 aromatic heterocycles. The van der Waals surface area contributed by atoms with Crippen LogP contribution < -0.4 is 5.32 Å². The minimum atomic E-state index is -0.390. The first-order valence-corrected chi connectivity index (χ1v) is 8.36. The quantitative estimate of drug-likeness (QED) is 0.616. The van der Waals surface area contributed by atoms with E-state index in [1.165, 1.54) is 6.07 Å². The summed E-state index contributed by atoms with van der Waals surface area (Å²) in [6.45, 7) is 2.78. The normalized spacial score (nSPS) is 13.3. The van der Waals surface area contributed by atoms with E-state index in [0.717, 1.165) is 29.7 Å². The third-order valence-corrected chi connectivity index (χ3v) is 4.32. The molecule has 0 heterocycles. The largest absolute Gasteiger partial charge is 0.381 e. The van der Waals surface area contributed by atoms with E-state index >= 15 is 0 Å². The van der Waals surface area contributed by atoms with Crippen LogP contribution in [-0.2, 0) is 17.9 Å². The van der Waals surface area contributed by atoms with Gasteiger partial charge in [-0.15, -0.1) is 0 Å². The number of carbonyl (C=O) groups is 1. The summed E-state index contributed by atoms with van der Waals surface area (Å²) in [4.78, 5) is 24.0. The first-order chi connectivity index (χ1) is 12.0. The second-order valence-corrected chi connectivity index (χ2v) is 6.36. The van der Waals surface area contributed by atoms with Gasteiger partial charge in [-0.1, -0.05) is 24.3 Å². The van der Waals surface area contributed by atoms with Crippen LogP contribution in [0.4, 0.5) is 11.4 Å². The average Bonchev–Trinajstić information content (AvgIpc) is 3.43. The Balaban J connectivity index is 1.58. The molecule has 2 aromatic rings. The van der Waals surface area contributed by atoms with Gasteiger partial charge in [-0.25, -0.2) is 0 Å². The van der Waals surface area contributed by atoms with Crippen LogP contribution in [0, 0.1) is 10.1 Å². The number of amides is 1. The van der Waals surface area contributed by atoms with E-state index < -0.39 is 0 Å². The third kappa shape index (κ3) is 4.56. The van der Waals surface area contributed by atoms with Crippen LogP contribution in [0.15, 0.2) is 48.5 Å². The fourth-order valence-electron chi connectivity index (χ4n) is 2.79. The van der Waals surface area contributed by atoms with Gasteiger partial charge in [0.15, 0.2) is 0 Å². The van der Waals surface area contributed by atoms with Gasteiger partial charge in [0.05, 0.1) is 4.92 Å². The highest BCUT2D eigenvalue weighted by Gasteiger charge is 2.30. The molecule has 130 valence electrons. The van der Waals surface area contributed by atoms with E-state index in [4.69, 9.17) is 0 Å². The molecule has 1 fully saturated rings. The van der Waals surface area contributed by atoms with Gasteiger partial charge in [0, 0.05) is 43.9 Å². The molecule has 0 bridgehead atoms. The maximum atomic E-state index is 11.7. The number of nitrogens with zero attached hydrogens (tertiary/aromatic N) is 2. The van der Waals surface area contributed by atoms with Crippen LogP contribution in [0.1, 0.15) is 30.9 Å². The fraction of sp³-hybridized carbons (Fsp3) is 0.316. The molecule has 0 aliphatic heterocycles. The number of anilines is 1. The Labute approximate surface area is 146 Å². The maximum absolute atomic E-state index is 11.7. The number of nitrogens with one attached hydrogen (secondary N) is 1. The van der Waals surface area contributed by atoms with Crippen molar-refractivity contribution in [3.05, 3.63) is 69.8 Å². The van der Waals surface area contributed by atoms with Crippen LogP contribution >= 0.6 is 0 Å². The van der Waals surface area contributed by atoms with Gasteiger partial charge in [0.2, 0.25) is 5.91 Å². The molecule has 1 saturated carbocycles. The highest BCUT2D eigenvalue weighted by atomic mass is 16.6. The summed E-state index contributed by atoms with van der Waals surface area (Å²) in [6.07, 6.45) is 2.20. The number of rotatable bonds is 7. The number of hydrogen-bond acceptors (Lipinski definition) is 4. The lowest BCUT2D eigenvalue weighted by molar-refractivity contribution is -0.384. The summed E-state index contributed by atoms with van der Waals surface area (Å²) in [7, 11) is 0. The molecule has 2 aromatic carbocycles. The van der Waals surface area contributed by atoms with Gasteiger partial charge < -0.3 is 10.2 Å². The Morgan fingerprint density at radius 3 is 2.52 bits per heavy atom. The summed E-state index contributed by atoms with van der Waals surface area (Å²) in [5.74, 6) is 0.121. The minimum absolute atomic E-state index is 0.0963. The second-order valence-electron chi connectivity index (χ2n) is 6.36. The first kappa shape index (κ1) is 17.0. The van der Waals surface area contributed by atoms with Gasteiger partial charge in [0.25, 0.3) is 5.69 Å². The summed E-state index contributed by atoms with van der Waals surface area (Å²) >= 11 is 0. The topological polar surface area (TPSA) is 75.5 Å². The fourth-order valence-corrected chi connectivity index (χ4v) is 2.79. The molecule has 25 heavy (non-hydrogen) atoms. The zero-order chi connectivity index (χ0) is 17.8. The van der Waals surface area contributed by atoms with Crippen molar-refractivity contribution in [3.63, 3.8) is 0 Å². The van der Waals surface area contributed by atoms with Gasteiger partial charge in [-0.05, 0) is 36.1 Å². The molecule has 1 N–H and O–H groups in total. The number of carbonyl (C=O) groups excluding carboxylic acids is 1. The Bertz CT molecular complexity index is 770. The molecule has 0 unspecified atom stereocenters. The van der Waals surface area contributed by atoms with E-state index in [1.807, 2.05) is 35.2 Å². The van der Waals surface area contributed by atoms with Crippen molar-refractivity contribution in [1.82, 2.24) is 4.90 Å². The summed E-state index contributed by atoms with van der Waals surface area (Å²) < 4.78 is 0. The van der Waals surface area contributed by atoms with Crippen LogP contribution in [0.3, 0.4) is 0 Å². The average molecular weight is 339 g/mol. The predicted octanol–water partition coefficient (Wildman–Crippen LogP) is 3.72. The SMILES string of the molecule is CC(=O)N(Cc1ccc(NCc2cccc([N+](=O)[O-])c2)cc1)C1CC1. The Hall–Kier alpha value is -2.89. The lowest BCUT2D eigenvalue weighted by Gasteiger charge is -2.20. The Morgan fingerprint density at radius 1 is 1.20 bits per heavy atom. The van der Waals surface area contributed by atoms with Gasteiger partial charge in [-0.3, -0.25) is 14.9 Å². The van der Waals surface area contributed by atoms with Gasteiger partial charge >= 0.3 is 0 Å². The van der Waals surface area contributed by atoms with Crippen LogP contribution in [0.25, 0.3) is 0 Å². The molecule has 0 saturated heterocycles. The number of nitro groups is 1. The number of hydrogen-bond donors (Lipinski definition) is 1. The molecule has 0 spiro atoms. The Kier molecular flexibility index (Phi) is 4.97. The lowest BCUT2D eigenvalue weighted by atomic mass is 10.1. The molecule has 0 atom stereocenters.